The molecule has 3 aromatic rings. The van der Waals surface area contributed by atoms with Crippen molar-refractivity contribution < 1.29 is 13.9 Å². The molecule has 3 aromatic carbocycles. The van der Waals surface area contributed by atoms with Crippen molar-refractivity contribution in [3.8, 4) is 11.5 Å². The van der Waals surface area contributed by atoms with Crippen LogP contribution in [0.3, 0.4) is 0 Å². The van der Waals surface area contributed by atoms with Gasteiger partial charge >= 0.3 is 0 Å². The van der Waals surface area contributed by atoms with Crippen molar-refractivity contribution in [2.24, 2.45) is 0 Å². The summed E-state index contributed by atoms with van der Waals surface area (Å²) in [6, 6.07) is 16.0. The Kier molecular flexibility index (Phi) is 7.05. The van der Waals surface area contributed by atoms with Crippen molar-refractivity contribution in [2.45, 2.75) is 13.2 Å². The van der Waals surface area contributed by atoms with E-state index in [4.69, 9.17) is 32.7 Å². The zero-order valence-electron chi connectivity index (χ0n) is 14.9. The predicted octanol–water partition coefficient (Wildman–Crippen LogP) is 7.09. The molecule has 7 heteroatoms. The Morgan fingerprint density at radius 2 is 1.79 bits per heavy atom. The summed E-state index contributed by atoms with van der Waals surface area (Å²) in [4.78, 5) is 0. The molecule has 0 aliphatic carbocycles. The molecule has 3 rings (SSSR count). The van der Waals surface area contributed by atoms with Crippen LogP contribution in [-0.2, 0) is 13.2 Å². The average molecular weight is 485 g/mol. The summed E-state index contributed by atoms with van der Waals surface area (Å²) >= 11 is 15.9. The molecule has 0 unspecified atom stereocenters. The van der Waals surface area contributed by atoms with Crippen molar-refractivity contribution in [3.05, 3.63) is 86.1 Å². The lowest BCUT2D eigenvalue weighted by Crippen LogP contribution is -2.04. The Balaban J connectivity index is 1.74. The van der Waals surface area contributed by atoms with Crippen LogP contribution in [0, 0.1) is 5.82 Å². The van der Waals surface area contributed by atoms with Crippen molar-refractivity contribution in [2.75, 3.05) is 12.4 Å². The maximum atomic E-state index is 13.9. The molecule has 146 valence electrons. The largest absolute Gasteiger partial charge is 0.493 e. The molecule has 0 aliphatic rings. The number of hydrogen-bond donors (Lipinski definition) is 1. The molecule has 0 radical (unpaired) electrons. The van der Waals surface area contributed by atoms with Gasteiger partial charge in [-0.1, -0.05) is 45.2 Å². The minimum Gasteiger partial charge on any atom is -0.493 e. The fraction of sp³-hybridized carbons (Fsp3) is 0.143. The van der Waals surface area contributed by atoms with Crippen LogP contribution >= 0.6 is 39.1 Å². The molecule has 28 heavy (non-hydrogen) atoms. The standard InChI is InChI=1S/C21H17BrCl2FNO2/c1-27-20-10-13(11-26-15-7-5-14(22)6-8-15)9-18(24)21(20)28-12-16-17(23)3-2-4-19(16)25/h2-10,26H,11-12H2,1H3. The molecule has 0 aliphatic heterocycles. The normalized spacial score (nSPS) is 10.6. The van der Waals surface area contributed by atoms with Crippen LogP contribution in [0.25, 0.3) is 0 Å². The molecule has 0 amide bonds. The molecule has 0 heterocycles. The first-order valence-electron chi connectivity index (χ1n) is 8.39. The van der Waals surface area contributed by atoms with Gasteiger partial charge in [0.25, 0.3) is 0 Å². The highest BCUT2D eigenvalue weighted by Crippen LogP contribution is 2.37. The smallest absolute Gasteiger partial charge is 0.180 e. The van der Waals surface area contributed by atoms with E-state index in [1.165, 1.54) is 13.2 Å². The summed E-state index contributed by atoms with van der Waals surface area (Å²) in [6.45, 7) is 0.495. The third-order valence-electron chi connectivity index (χ3n) is 4.05. The Hall–Kier alpha value is -1.95. The molecule has 1 N–H and O–H groups in total. The summed E-state index contributed by atoms with van der Waals surface area (Å²) in [6.07, 6.45) is 0. The molecule has 0 fully saturated rings. The predicted molar refractivity (Wildman–Crippen MR) is 115 cm³/mol. The second kappa shape index (κ2) is 9.50. The van der Waals surface area contributed by atoms with E-state index >= 15 is 0 Å². The molecule has 0 spiro atoms. The van der Waals surface area contributed by atoms with Crippen LogP contribution in [0.4, 0.5) is 10.1 Å². The van der Waals surface area contributed by atoms with Gasteiger partial charge in [0, 0.05) is 22.3 Å². The van der Waals surface area contributed by atoms with E-state index in [0.717, 1.165) is 15.7 Å². The summed E-state index contributed by atoms with van der Waals surface area (Å²) < 4.78 is 26.1. The van der Waals surface area contributed by atoms with E-state index in [1.807, 2.05) is 30.3 Å². The molecule has 0 atom stereocenters. The first-order valence-corrected chi connectivity index (χ1v) is 9.94. The number of methoxy groups -OCH3 is 1. The van der Waals surface area contributed by atoms with Crippen molar-refractivity contribution in [1.29, 1.82) is 0 Å². The van der Waals surface area contributed by atoms with Crippen LogP contribution in [0.2, 0.25) is 10.0 Å². The fourth-order valence-corrected chi connectivity index (χ4v) is 3.37. The number of halogens is 4. The van der Waals surface area contributed by atoms with Gasteiger partial charge in [-0.3, -0.25) is 0 Å². The molecular formula is C21H17BrCl2FNO2. The lowest BCUT2D eigenvalue weighted by Gasteiger charge is -2.15. The number of ether oxygens (including phenoxy) is 2. The molecule has 0 saturated carbocycles. The Morgan fingerprint density at radius 3 is 2.46 bits per heavy atom. The van der Waals surface area contributed by atoms with E-state index in [9.17, 15) is 4.39 Å². The van der Waals surface area contributed by atoms with Gasteiger partial charge in [0.15, 0.2) is 11.5 Å². The molecule has 0 bridgehead atoms. The molecular weight excluding hydrogens is 468 g/mol. The highest BCUT2D eigenvalue weighted by molar-refractivity contribution is 9.10. The van der Waals surface area contributed by atoms with Crippen LogP contribution in [-0.4, -0.2) is 7.11 Å². The zero-order valence-corrected chi connectivity index (χ0v) is 18.0. The zero-order chi connectivity index (χ0) is 20.1. The van der Waals surface area contributed by atoms with E-state index in [0.29, 0.717) is 28.1 Å². The van der Waals surface area contributed by atoms with Gasteiger partial charge in [0.1, 0.15) is 12.4 Å². The maximum Gasteiger partial charge on any atom is 0.180 e. The van der Waals surface area contributed by atoms with Gasteiger partial charge in [0.2, 0.25) is 0 Å². The Labute approximate surface area is 181 Å². The van der Waals surface area contributed by atoms with Crippen molar-refractivity contribution in [3.63, 3.8) is 0 Å². The lowest BCUT2D eigenvalue weighted by atomic mass is 10.2. The topological polar surface area (TPSA) is 30.5 Å². The highest BCUT2D eigenvalue weighted by Gasteiger charge is 2.15. The number of rotatable bonds is 7. The van der Waals surface area contributed by atoms with E-state index in [2.05, 4.69) is 21.2 Å². The van der Waals surface area contributed by atoms with E-state index < -0.39 is 5.82 Å². The first-order chi connectivity index (χ1) is 13.5. The summed E-state index contributed by atoms with van der Waals surface area (Å²) in [5.74, 6) is 0.376. The molecule has 0 saturated heterocycles. The third-order valence-corrected chi connectivity index (χ3v) is 5.22. The first kappa shape index (κ1) is 20.8. The number of hydrogen-bond acceptors (Lipinski definition) is 3. The van der Waals surface area contributed by atoms with Crippen LogP contribution < -0.4 is 14.8 Å². The van der Waals surface area contributed by atoms with Gasteiger partial charge in [-0.2, -0.15) is 0 Å². The second-order valence-corrected chi connectivity index (χ2v) is 7.69. The lowest BCUT2D eigenvalue weighted by molar-refractivity contribution is 0.280. The summed E-state index contributed by atoms with van der Waals surface area (Å²) in [5.41, 5.74) is 2.16. The molecule has 0 aromatic heterocycles. The quantitative estimate of drug-likeness (QED) is 0.388. The van der Waals surface area contributed by atoms with Gasteiger partial charge in [-0.25, -0.2) is 4.39 Å². The van der Waals surface area contributed by atoms with Gasteiger partial charge in [-0.05, 0) is 54.1 Å². The molecule has 3 nitrogen and oxygen atoms in total. The van der Waals surface area contributed by atoms with Gasteiger partial charge in [-0.15, -0.1) is 0 Å². The minimum atomic E-state index is -0.432. The van der Waals surface area contributed by atoms with Crippen molar-refractivity contribution in [1.82, 2.24) is 0 Å². The fourth-order valence-electron chi connectivity index (χ4n) is 2.60. The Bertz CT molecular complexity index is 947. The maximum absolute atomic E-state index is 13.9. The monoisotopic (exact) mass is 483 g/mol. The summed E-state index contributed by atoms with van der Waals surface area (Å²) in [7, 11) is 1.53. The van der Waals surface area contributed by atoms with Gasteiger partial charge < -0.3 is 14.8 Å². The van der Waals surface area contributed by atoms with Crippen LogP contribution in [0.15, 0.2) is 59.1 Å². The number of anilines is 1. The summed E-state index contributed by atoms with van der Waals surface area (Å²) in [5, 5.41) is 3.99. The van der Waals surface area contributed by atoms with E-state index in [-0.39, 0.29) is 12.2 Å². The van der Waals surface area contributed by atoms with Crippen molar-refractivity contribution >= 4 is 44.8 Å². The Morgan fingerprint density at radius 1 is 1.04 bits per heavy atom. The number of benzene rings is 3. The average Bonchev–Trinajstić information content (AvgIpc) is 2.68. The second-order valence-electron chi connectivity index (χ2n) is 5.96. The SMILES string of the molecule is COc1cc(CNc2ccc(Br)cc2)cc(Cl)c1OCc1c(F)cccc1Cl. The highest BCUT2D eigenvalue weighted by atomic mass is 79.9. The minimum absolute atomic E-state index is 0.0575. The third kappa shape index (κ3) is 5.10. The van der Waals surface area contributed by atoms with Gasteiger partial charge in [0.05, 0.1) is 17.2 Å². The van der Waals surface area contributed by atoms with Crippen LogP contribution in [0.1, 0.15) is 11.1 Å². The van der Waals surface area contributed by atoms with E-state index in [1.54, 1.807) is 18.2 Å². The number of nitrogens with one attached hydrogen (secondary N) is 1. The van der Waals surface area contributed by atoms with Crippen LogP contribution in [0.5, 0.6) is 11.5 Å².